The van der Waals surface area contributed by atoms with Crippen molar-refractivity contribution in [2.24, 2.45) is 5.92 Å². The molecule has 1 aliphatic heterocycles. The average molecular weight is 202 g/mol. The molecule has 0 aromatic carbocycles. The molecule has 1 nitrogen and oxygen atoms in total. The van der Waals surface area contributed by atoms with Gasteiger partial charge >= 0.3 is 0 Å². The van der Waals surface area contributed by atoms with Gasteiger partial charge in [0.15, 0.2) is 0 Å². The normalized spacial score (nSPS) is 25.1. The van der Waals surface area contributed by atoms with E-state index in [4.69, 9.17) is 0 Å². The van der Waals surface area contributed by atoms with Crippen molar-refractivity contribution in [3.05, 3.63) is 12.2 Å². The molecular weight excluding hydrogens is 182 g/mol. The van der Waals surface area contributed by atoms with Gasteiger partial charge in [0, 0.05) is 19.6 Å². The lowest BCUT2D eigenvalue weighted by molar-refractivity contribution is 0.169. The van der Waals surface area contributed by atoms with Crippen LogP contribution in [0.3, 0.4) is 0 Å². The molecule has 0 N–H and O–H groups in total. The fourth-order valence-electron chi connectivity index (χ4n) is 2.09. The number of halogens is 1. The molecule has 13 heavy (non-hydrogen) atoms. The standard InChI is InChI=1S/C11H19N.ClH/c1-10-5-7-12(8-6-10)9-11-3-2-4-11;/h11H,1-9H2;1H. The molecule has 1 aliphatic carbocycles. The first-order valence-corrected chi connectivity index (χ1v) is 5.23. The Morgan fingerprint density at radius 1 is 1.23 bits per heavy atom. The van der Waals surface area contributed by atoms with Gasteiger partial charge < -0.3 is 4.90 Å². The summed E-state index contributed by atoms with van der Waals surface area (Å²) in [6.07, 6.45) is 6.93. The minimum atomic E-state index is 0. The first-order valence-electron chi connectivity index (χ1n) is 5.23. The summed E-state index contributed by atoms with van der Waals surface area (Å²) in [4.78, 5) is 2.62. The zero-order chi connectivity index (χ0) is 8.39. The Hall–Kier alpha value is -0.0100. The van der Waals surface area contributed by atoms with Gasteiger partial charge in [-0.05, 0) is 31.6 Å². The van der Waals surface area contributed by atoms with Gasteiger partial charge in [0.05, 0.1) is 0 Å². The molecule has 0 amide bonds. The van der Waals surface area contributed by atoms with Crippen LogP contribution < -0.4 is 0 Å². The second-order valence-corrected chi connectivity index (χ2v) is 4.35. The Bertz CT molecular complexity index is 165. The van der Waals surface area contributed by atoms with Crippen molar-refractivity contribution in [2.45, 2.75) is 32.1 Å². The lowest BCUT2D eigenvalue weighted by Crippen LogP contribution is -2.36. The molecule has 2 aliphatic rings. The van der Waals surface area contributed by atoms with Crippen molar-refractivity contribution in [1.29, 1.82) is 0 Å². The van der Waals surface area contributed by atoms with E-state index in [2.05, 4.69) is 11.5 Å². The van der Waals surface area contributed by atoms with Crippen LogP contribution >= 0.6 is 12.4 Å². The lowest BCUT2D eigenvalue weighted by Gasteiger charge is -2.34. The fourth-order valence-corrected chi connectivity index (χ4v) is 2.09. The van der Waals surface area contributed by atoms with Crippen LogP contribution in [0.5, 0.6) is 0 Å². The molecule has 0 aromatic rings. The van der Waals surface area contributed by atoms with Crippen LogP contribution in [0.4, 0.5) is 0 Å². The van der Waals surface area contributed by atoms with Gasteiger partial charge in [0.1, 0.15) is 0 Å². The molecule has 1 saturated carbocycles. The Kier molecular flexibility index (Phi) is 4.27. The average Bonchev–Trinajstić information content (AvgIpc) is 2.00. The quantitative estimate of drug-likeness (QED) is 0.622. The largest absolute Gasteiger partial charge is 0.302 e. The highest BCUT2D eigenvalue weighted by molar-refractivity contribution is 5.85. The Morgan fingerprint density at radius 3 is 2.31 bits per heavy atom. The van der Waals surface area contributed by atoms with E-state index in [-0.39, 0.29) is 12.4 Å². The van der Waals surface area contributed by atoms with Crippen LogP contribution in [-0.2, 0) is 0 Å². The second-order valence-electron chi connectivity index (χ2n) is 4.35. The molecule has 0 atom stereocenters. The number of likely N-dealkylation sites (tertiary alicyclic amines) is 1. The van der Waals surface area contributed by atoms with Crippen molar-refractivity contribution in [3.63, 3.8) is 0 Å². The predicted molar refractivity (Wildman–Crippen MR) is 59.4 cm³/mol. The molecule has 2 fully saturated rings. The third-order valence-corrected chi connectivity index (χ3v) is 3.30. The zero-order valence-corrected chi connectivity index (χ0v) is 9.11. The van der Waals surface area contributed by atoms with E-state index < -0.39 is 0 Å². The summed E-state index contributed by atoms with van der Waals surface area (Å²) in [6, 6.07) is 0. The zero-order valence-electron chi connectivity index (χ0n) is 8.30. The van der Waals surface area contributed by atoms with E-state index >= 15 is 0 Å². The van der Waals surface area contributed by atoms with Crippen LogP contribution in [0.2, 0.25) is 0 Å². The van der Waals surface area contributed by atoms with Gasteiger partial charge in [-0.2, -0.15) is 0 Å². The van der Waals surface area contributed by atoms with Gasteiger partial charge in [0.25, 0.3) is 0 Å². The van der Waals surface area contributed by atoms with E-state index in [9.17, 15) is 0 Å². The smallest absolute Gasteiger partial charge is 0.00187 e. The summed E-state index contributed by atoms with van der Waals surface area (Å²) in [5, 5.41) is 0. The first kappa shape index (κ1) is 11.1. The van der Waals surface area contributed by atoms with Crippen molar-refractivity contribution in [3.8, 4) is 0 Å². The van der Waals surface area contributed by atoms with Gasteiger partial charge in [-0.25, -0.2) is 0 Å². The summed E-state index contributed by atoms with van der Waals surface area (Å²) in [5.74, 6) is 1.04. The third kappa shape index (κ3) is 2.99. The molecule has 2 heteroatoms. The van der Waals surface area contributed by atoms with E-state index in [0.717, 1.165) is 5.92 Å². The third-order valence-electron chi connectivity index (χ3n) is 3.30. The van der Waals surface area contributed by atoms with Crippen LogP contribution in [-0.4, -0.2) is 24.5 Å². The van der Waals surface area contributed by atoms with Crippen molar-refractivity contribution in [2.75, 3.05) is 19.6 Å². The Labute approximate surface area is 87.6 Å². The fraction of sp³-hybridized carbons (Fsp3) is 0.818. The monoisotopic (exact) mass is 201 g/mol. The van der Waals surface area contributed by atoms with Gasteiger partial charge in [-0.15, -0.1) is 12.4 Å². The topological polar surface area (TPSA) is 3.24 Å². The van der Waals surface area contributed by atoms with Crippen LogP contribution in [0.25, 0.3) is 0 Å². The molecule has 1 heterocycles. The summed E-state index contributed by atoms with van der Waals surface area (Å²) in [6.45, 7) is 7.95. The van der Waals surface area contributed by atoms with Gasteiger partial charge in [0.2, 0.25) is 0 Å². The number of hydrogen-bond donors (Lipinski definition) is 0. The number of piperidine rings is 1. The number of hydrogen-bond acceptors (Lipinski definition) is 1. The van der Waals surface area contributed by atoms with Gasteiger partial charge in [-0.1, -0.05) is 18.6 Å². The summed E-state index contributed by atoms with van der Waals surface area (Å²) >= 11 is 0. The van der Waals surface area contributed by atoms with E-state index in [1.54, 1.807) is 0 Å². The predicted octanol–water partition coefficient (Wildman–Crippen LogP) is 2.86. The summed E-state index contributed by atoms with van der Waals surface area (Å²) < 4.78 is 0. The van der Waals surface area contributed by atoms with Gasteiger partial charge in [-0.3, -0.25) is 0 Å². The number of nitrogens with zero attached hydrogens (tertiary/aromatic N) is 1. The molecule has 1 saturated heterocycles. The van der Waals surface area contributed by atoms with Crippen molar-refractivity contribution < 1.29 is 0 Å². The van der Waals surface area contributed by atoms with E-state index in [0.29, 0.717) is 0 Å². The molecule has 0 bridgehead atoms. The maximum atomic E-state index is 4.04. The van der Waals surface area contributed by atoms with E-state index in [1.165, 1.54) is 57.3 Å². The van der Waals surface area contributed by atoms with Crippen LogP contribution in [0.15, 0.2) is 12.2 Å². The van der Waals surface area contributed by atoms with Crippen LogP contribution in [0, 0.1) is 5.92 Å². The summed E-state index contributed by atoms with van der Waals surface area (Å²) in [7, 11) is 0. The second kappa shape index (κ2) is 5.02. The molecule has 0 radical (unpaired) electrons. The lowest BCUT2D eigenvalue weighted by atomic mass is 9.84. The maximum absolute atomic E-state index is 4.04. The maximum Gasteiger partial charge on any atom is 0.00187 e. The SMILES string of the molecule is C=C1CCN(CC2CCC2)CC1.Cl. The molecule has 0 unspecified atom stereocenters. The Balaban J connectivity index is 0.000000845. The highest BCUT2D eigenvalue weighted by Crippen LogP contribution is 2.28. The number of rotatable bonds is 2. The molecular formula is C11H20ClN. The minimum absolute atomic E-state index is 0. The van der Waals surface area contributed by atoms with E-state index in [1.807, 2.05) is 0 Å². The highest BCUT2D eigenvalue weighted by atomic mass is 35.5. The molecule has 0 spiro atoms. The minimum Gasteiger partial charge on any atom is -0.302 e. The van der Waals surface area contributed by atoms with Crippen molar-refractivity contribution in [1.82, 2.24) is 4.90 Å². The Morgan fingerprint density at radius 2 is 1.85 bits per heavy atom. The summed E-state index contributed by atoms with van der Waals surface area (Å²) in [5.41, 5.74) is 1.46. The highest BCUT2D eigenvalue weighted by Gasteiger charge is 2.21. The van der Waals surface area contributed by atoms with Crippen LogP contribution in [0.1, 0.15) is 32.1 Å². The molecule has 76 valence electrons. The molecule has 2 rings (SSSR count). The van der Waals surface area contributed by atoms with Crippen molar-refractivity contribution >= 4 is 12.4 Å². The first-order chi connectivity index (χ1) is 5.84. The molecule has 0 aromatic heterocycles.